The predicted octanol–water partition coefficient (Wildman–Crippen LogP) is 4.93. The highest BCUT2D eigenvalue weighted by molar-refractivity contribution is 6.02. The Morgan fingerprint density at radius 3 is 2.44 bits per heavy atom. The molecule has 27 heavy (non-hydrogen) atoms. The van der Waals surface area contributed by atoms with Gasteiger partial charge in [0.1, 0.15) is 18.1 Å². The maximum absolute atomic E-state index is 12.1. The number of anilines is 1. The van der Waals surface area contributed by atoms with Crippen LogP contribution < -0.4 is 10.1 Å². The summed E-state index contributed by atoms with van der Waals surface area (Å²) in [5, 5.41) is 12.0. The van der Waals surface area contributed by atoms with E-state index in [-0.39, 0.29) is 11.7 Å². The number of ether oxygens (including phenoxy) is 1. The summed E-state index contributed by atoms with van der Waals surface area (Å²) in [7, 11) is 0. The molecule has 0 aliphatic rings. The maximum atomic E-state index is 12.1. The fraction of sp³-hybridized carbons (Fsp3) is 0.0870. The lowest BCUT2D eigenvalue weighted by Crippen LogP contribution is -2.07. The molecular weight excluding hydrogens is 338 g/mol. The summed E-state index contributed by atoms with van der Waals surface area (Å²) in [6.45, 7) is 2.51. The quantitative estimate of drug-likeness (QED) is 0.484. The number of amides is 1. The first-order valence-electron chi connectivity index (χ1n) is 8.65. The van der Waals surface area contributed by atoms with E-state index in [1.54, 1.807) is 18.2 Å². The van der Waals surface area contributed by atoms with E-state index in [1.165, 1.54) is 23.8 Å². The molecule has 0 spiro atoms. The van der Waals surface area contributed by atoms with Gasteiger partial charge in [-0.25, -0.2) is 0 Å². The van der Waals surface area contributed by atoms with E-state index in [0.717, 1.165) is 11.1 Å². The Hall–Kier alpha value is -3.53. The molecule has 0 aromatic heterocycles. The van der Waals surface area contributed by atoms with Crippen molar-refractivity contribution < 1.29 is 14.6 Å². The molecule has 3 aromatic rings. The van der Waals surface area contributed by atoms with E-state index in [1.807, 2.05) is 43.3 Å². The number of phenols is 1. The monoisotopic (exact) mass is 359 g/mol. The van der Waals surface area contributed by atoms with Crippen molar-refractivity contribution in [3.8, 4) is 11.5 Å². The minimum Gasteiger partial charge on any atom is -0.508 e. The maximum Gasteiger partial charge on any atom is 0.248 e. The van der Waals surface area contributed by atoms with Gasteiger partial charge in [0, 0.05) is 17.3 Å². The predicted molar refractivity (Wildman–Crippen MR) is 108 cm³/mol. The number of carbonyl (C=O) groups is 1. The van der Waals surface area contributed by atoms with Crippen LogP contribution in [0.2, 0.25) is 0 Å². The van der Waals surface area contributed by atoms with Crippen molar-refractivity contribution in [2.24, 2.45) is 0 Å². The van der Waals surface area contributed by atoms with Crippen LogP contribution in [-0.4, -0.2) is 11.0 Å². The van der Waals surface area contributed by atoms with Gasteiger partial charge < -0.3 is 15.2 Å². The van der Waals surface area contributed by atoms with Crippen LogP contribution in [-0.2, 0) is 11.4 Å². The number of phenolic OH excluding ortho intramolecular Hbond substituents is 1. The van der Waals surface area contributed by atoms with Crippen molar-refractivity contribution >= 4 is 17.7 Å². The topological polar surface area (TPSA) is 58.6 Å². The summed E-state index contributed by atoms with van der Waals surface area (Å²) in [5.74, 6) is 0.615. The van der Waals surface area contributed by atoms with Gasteiger partial charge in [-0.05, 0) is 48.9 Å². The average molecular weight is 359 g/mol. The highest BCUT2D eigenvalue weighted by atomic mass is 16.5. The van der Waals surface area contributed by atoms with Gasteiger partial charge in [0.2, 0.25) is 5.91 Å². The number of rotatable bonds is 6. The zero-order chi connectivity index (χ0) is 19.1. The molecule has 0 aliphatic heterocycles. The molecule has 0 saturated heterocycles. The summed E-state index contributed by atoms with van der Waals surface area (Å²) >= 11 is 0. The smallest absolute Gasteiger partial charge is 0.248 e. The molecule has 1 amide bonds. The molecule has 136 valence electrons. The Balaban J connectivity index is 1.64. The van der Waals surface area contributed by atoms with E-state index < -0.39 is 0 Å². The molecule has 0 bridgehead atoms. The van der Waals surface area contributed by atoms with E-state index in [9.17, 15) is 9.90 Å². The number of hydrogen-bond acceptors (Lipinski definition) is 3. The van der Waals surface area contributed by atoms with Gasteiger partial charge in [0.25, 0.3) is 0 Å². The van der Waals surface area contributed by atoms with Crippen molar-refractivity contribution in [1.82, 2.24) is 0 Å². The number of benzene rings is 3. The van der Waals surface area contributed by atoms with Crippen LogP contribution >= 0.6 is 0 Å². The second kappa shape index (κ2) is 8.72. The first-order valence-corrected chi connectivity index (χ1v) is 8.65. The van der Waals surface area contributed by atoms with Gasteiger partial charge in [-0.15, -0.1) is 0 Å². The van der Waals surface area contributed by atoms with Gasteiger partial charge in [0.05, 0.1) is 0 Å². The van der Waals surface area contributed by atoms with Crippen LogP contribution in [0.25, 0.3) is 6.08 Å². The second-order valence-electron chi connectivity index (χ2n) is 6.18. The van der Waals surface area contributed by atoms with Gasteiger partial charge in [0.15, 0.2) is 0 Å². The van der Waals surface area contributed by atoms with Crippen LogP contribution in [0, 0.1) is 6.92 Å². The molecule has 3 aromatic carbocycles. The summed E-state index contributed by atoms with van der Waals surface area (Å²) in [5.41, 5.74) is 3.74. The number of nitrogens with one attached hydrogen (secondary N) is 1. The third-order valence-corrected chi connectivity index (χ3v) is 3.98. The lowest BCUT2D eigenvalue weighted by molar-refractivity contribution is -0.111. The minimum atomic E-state index is -0.256. The van der Waals surface area contributed by atoms with Crippen LogP contribution in [0.3, 0.4) is 0 Å². The fourth-order valence-electron chi connectivity index (χ4n) is 2.49. The number of aromatic hydroxyl groups is 1. The molecular formula is C23H21NO3. The summed E-state index contributed by atoms with van der Waals surface area (Å²) in [6, 6.07) is 22.1. The molecule has 0 heterocycles. The average Bonchev–Trinajstić information content (AvgIpc) is 2.68. The summed E-state index contributed by atoms with van der Waals surface area (Å²) in [6.07, 6.45) is 3.18. The minimum absolute atomic E-state index is 0.156. The van der Waals surface area contributed by atoms with Gasteiger partial charge in [-0.1, -0.05) is 48.0 Å². The van der Waals surface area contributed by atoms with Crippen LogP contribution in [0.15, 0.2) is 78.9 Å². The Labute approximate surface area is 158 Å². The largest absolute Gasteiger partial charge is 0.508 e. The number of carbonyl (C=O) groups excluding carboxylic acids is 1. The second-order valence-corrected chi connectivity index (χ2v) is 6.18. The first-order chi connectivity index (χ1) is 13.1. The highest BCUT2D eigenvalue weighted by Gasteiger charge is 2.03. The Morgan fingerprint density at radius 2 is 1.70 bits per heavy atom. The lowest BCUT2D eigenvalue weighted by atomic mass is 10.1. The first kappa shape index (κ1) is 18.3. The van der Waals surface area contributed by atoms with Gasteiger partial charge >= 0.3 is 0 Å². The summed E-state index contributed by atoms with van der Waals surface area (Å²) < 4.78 is 5.92. The van der Waals surface area contributed by atoms with Crippen molar-refractivity contribution in [1.29, 1.82) is 0 Å². The molecule has 0 fully saturated rings. The van der Waals surface area contributed by atoms with Gasteiger partial charge in [-0.3, -0.25) is 4.79 Å². The molecule has 0 radical (unpaired) electrons. The highest BCUT2D eigenvalue weighted by Crippen LogP contribution is 2.21. The van der Waals surface area contributed by atoms with Crippen LogP contribution in [0.5, 0.6) is 11.5 Å². The zero-order valence-electron chi connectivity index (χ0n) is 15.1. The number of hydrogen-bond donors (Lipinski definition) is 2. The van der Waals surface area contributed by atoms with E-state index >= 15 is 0 Å². The Kier molecular flexibility index (Phi) is 5.90. The molecule has 0 saturated carbocycles. The van der Waals surface area contributed by atoms with E-state index in [0.29, 0.717) is 18.0 Å². The SMILES string of the molecule is Cc1ccc(COc2ccccc2/C=C/C(=O)Nc2ccc(O)cc2)cc1. The van der Waals surface area contributed by atoms with Crippen molar-refractivity contribution in [3.63, 3.8) is 0 Å². The van der Waals surface area contributed by atoms with Crippen molar-refractivity contribution in [2.45, 2.75) is 13.5 Å². The lowest BCUT2D eigenvalue weighted by Gasteiger charge is -2.09. The normalized spacial score (nSPS) is 10.7. The molecule has 0 atom stereocenters. The Bertz CT molecular complexity index is 929. The molecule has 4 heteroatoms. The molecule has 0 aliphatic carbocycles. The molecule has 2 N–H and O–H groups in total. The third-order valence-electron chi connectivity index (χ3n) is 3.98. The number of para-hydroxylation sites is 1. The molecule has 0 unspecified atom stereocenters. The number of aryl methyl sites for hydroxylation is 1. The standard InChI is InChI=1S/C23H21NO3/c1-17-6-8-18(9-7-17)16-27-22-5-3-2-4-19(22)10-15-23(26)24-20-11-13-21(25)14-12-20/h2-15,25H,16H2,1H3,(H,24,26)/b15-10+. The van der Waals surface area contributed by atoms with Gasteiger partial charge in [-0.2, -0.15) is 0 Å². The van der Waals surface area contributed by atoms with Crippen molar-refractivity contribution in [2.75, 3.05) is 5.32 Å². The molecule has 3 rings (SSSR count). The van der Waals surface area contributed by atoms with Crippen LogP contribution in [0.4, 0.5) is 5.69 Å². The van der Waals surface area contributed by atoms with Crippen LogP contribution in [0.1, 0.15) is 16.7 Å². The van der Waals surface area contributed by atoms with E-state index in [4.69, 9.17) is 4.74 Å². The molecule has 4 nitrogen and oxygen atoms in total. The Morgan fingerprint density at radius 1 is 1.00 bits per heavy atom. The van der Waals surface area contributed by atoms with Crippen molar-refractivity contribution in [3.05, 3.63) is 95.6 Å². The fourth-order valence-corrected chi connectivity index (χ4v) is 2.49. The summed E-state index contributed by atoms with van der Waals surface area (Å²) in [4.78, 5) is 12.1. The zero-order valence-corrected chi connectivity index (χ0v) is 15.1. The van der Waals surface area contributed by atoms with E-state index in [2.05, 4.69) is 17.4 Å². The third kappa shape index (κ3) is 5.47.